The van der Waals surface area contributed by atoms with E-state index in [4.69, 9.17) is 16.3 Å². The maximum atomic E-state index is 12.5. The second-order valence-corrected chi connectivity index (χ2v) is 6.46. The van der Waals surface area contributed by atoms with Gasteiger partial charge in [-0.25, -0.2) is 13.4 Å². The molecule has 0 unspecified atom stereocenters. The Morgan fingerprint density at radius 2 is 2.15 bits per heavy atom. The Hall–Kier alpha value is -1.18. The summed E-state index contributed by atoms with van der Waals surface area (Å²) in [5, 5.41) is -0.123. The van der Waals surface area contributed by atoms with Crippen LogP contribution in [0.2, 0.25) is 5.15 Å². The van der Waals surface area contributed by atoms with Gasteiger partial charge in [0.2, 0.25) is 10.0 Å². The van der Waals surface area contributed by atoms with Gasteiger partial charge in [0.1, 0.15) is 16.6 Å². The van der Waals surface area contributed by atoms with Crippen molar-refractivity contribution in [2.45, 2.75) is 31.7 Å². The van der Waals surface area contributed by atoms with Gasteiger partial charge in [0.15, 0.2) is 0 Å². The zero-order valence-electron chi connectivity index (χ0n) is 11.5. The Balaban J connectivity index is 3.14. The van der Waals surface area contributed by atoms with Crippen LogP contribution in [0.3, 0.4) is 0 Å². The lowest BCUT2D eigenvalue weighted by Gasteiger charge is -2.25. The molecule has 0 aromatic carbocycles. The fraction of sp³-hybridized carbons (Fsp3) is 0.500. The molecule has 1 aromatic rings. The highest BCUT2D eigenvalue weighted by molar-refractivity contribution is 7.89. The van der Waals surface area contributed by atoms with Crippen LogP contribution in [0.4, 0.5) is 0 Å². The summed E-state index contributed by atoms with van der Waals surface area (Å²) < 4.78 is 30.9. The van der Waals surface area contributed by atoms with Crippen LogP contribution in [0.15, 0.2) is 23.2 Å². The molecular weight excluding hydrogens is 304 g/mol. The molecule has 0 radical (unpaired) electrons. The molecule has 0 N–H and O–H groups in total. The highest BCUT2D eigenvalue weighted by Crippen LogP contribution is 2.23. The molecule has 0 aliphatic carbocycles. The van der Waals surface area contributed by atoms with Crippen molar-refractivity contribution in [1.29, 1.82) is 0 Å². The van der Waals surface area contributed by atoms with Gasteiger partial charge in [-0.3, -0.25) is 4.79 Å². The van der Waals surface area contributed by atoms with Gasteiger partial charge in [-0.1, -0.05) is 11.6 Å². The predicted molar refractivity (Wildman–Crippen MR) is 74.9 cm³/mol. The first-order valence-electron chi connectivity index (χ1n) is 6.08. The van der Waals surface area contributed by atoms with Crippen molar-refractivity contribution in [1.82, 2.24) is 9.29 Å². The molecule has 1 heterocycles. The summed E-state index contributed by atoms with van der Waals surface area (Å²) in [6.07, 6.45) is 1.40. The van der Waals surface area contributed by atoms with Crippen molar-refractivity contribution in [3.8, 4) is 0 Å². The number of halogens is 1. The van der Waals surface area contributed by atoms with Crippen LogP contribution in [0.5, 0.6) is 0 Å². The number of rotatable bonds is 6. The van der Waals surface area contributed by atoms with Gasteiger partial charge in [0.25, 0.3) is 0 Å². The van der Waals surface area contributed by atoms with Crippen LogP contribution < -0.4 is 0 Å². The number of aromatic nitrogens is 1. The lowest BCUT2D eigenvalue weighted by atomic mass is 10.4. The van der Waals surface area contributed by atoms with E-state index < -0.39 is 22.0 Å². The quantitative estimate of drug-likeness (QED) is 0.589. The number of carbonyl (C=O) groups excluding carboxylic acids is 1. The zero-order valence-corrected chi connectivity index (χ0v) is 13.1. The van der Waals surface area contributed by atoms with Crippen LogP contribution in [-0.2, 0) is 19.6 Å². The van der Waals surface area contributed by atoms with Crippen molar-refractivity contribution >= 4 is 27.6 Å². The summed E-state index contributed by atoms with van der Waals surface area (Å²) in [5.41, 5.74) is 0. The molecule has 8 heteroatoms. The zero-order chi connectivity index (χ0) is 15.3. The lowest BCUT2D eigenvalue weighted by molar-refractivity contribution is -0.143. The Bertz CT molecular complexity index is 575. The molecule has 0 saturated carbocycles. The molecule has 0 aliphatic heterocycles. The molecule has 0 spiro atoms. The van der Waals surface area contributed by atoms with Crippen LogP contribution >= 0.6 is 11.6 Å². The minimum absolute atomic E-state index is 0.123. The fourth-order valence-corrected chi connectivity index (χ4v) is 3.58. The third-order valence-corrected chi connectivity index (χ3v) is 4.94. The SMILES string of the molecule is CCOC(=O)CN(C(C)C)S(=O)(=O)c1cccnc1Cl. The molecule has 112 valence electrons. The molecule has 0 bridgehead atoms. The van der Waals surface area contributed by atoms with Crippen molar-refractivity contribution < 1.29 is 17.9 Å². The monoisotopic (exact) mass is 320 g/mol. The van der Waals surface area contributed by atoms with E-state index in [0.717, 1.165) is 4.31 Å². The van der Waals surface area contributed by atoms with Gasteiger partial charge in [0, 0.05) is 12.2 Å². The van der Waals surface area contributed by atoms with Gasteiger partial charge in [-0.15, -0.1) is 0 Å². The Kier molecular flexibility index (Phi) is 5.91. The first-order valence-corrected chi connectivity index (χ1v) is 7.90. The van der Waals surface area contributed by atoms with E-state index in [9.17, 15) is 13.2 Å². The summed E-state index contributed by atoms with van der Waals surface area (Å²) in [6.45, 7) is 4.82. The molecule has 0 amide bonds. The van der Waals surface area contributed by atoms with Crippen LogP contribution in [-0.4, -0.2) is 42.9 Å². The Morgan fingerprint density at radius 3 is 2.65 bits per heavy atom. The third kappa shape index (κ3) is 3.91. The maximum Gasteiger partial charge on any atom is 0.321 e. The van der Waals surface area contributed by atoms with E-state index in [-0.39, 0.29) is 23.2 Å². The van der Waals surface area contributed by atoms with Crippen molar-refractivity contribution in [2.24, 2.45) is 0 Å². The van der Waals surface area contributed by atoms with E-state index in [2.05, 4.69) is 4.98 Å². The lowest BCUT2D eigenvalue weighted by Crippen LogP contribution is -2.41. The second kappa shape index (κ2) is 7.01. The molecular formula is C12H17ClN2O4S. The minimum atomic E-state index is -3.91. The van der Waals surface area contributed by atoms with Gasteiger partial charge < -0.3 is 4.74 Å². The van der Waals surface area contributed by atoms with E-state index in [1.807, 2.05) is 0 Å². The smallest absolute Gasteiger partial charge is 0.321 e. The fourth-order valence-electron chi connectivity index (χ4n) is 1.57. The van der Waals surface area contributed by atoms with Gasteiger partial charge >= 0.3 is 5.97 Å². The van der Waals surface area contributed by atoms with Crippen LogP contribution in [0.25, 0.3) is 0 Å². The van der Waals surface area contributed by atoms with Gasteiger partial charge in [-0.05, 0) is 32.9 Å². The number of sulfonamides is 1. The highest BCUT2D eigenvalue weighted by atomic mass is 35.5. The summed E-state index contributed by atoms with van der Waals surface area (Å²) >= 11 is 5.82. The van der Waals surface area contributed by atoms with Gasteiger partial charge in [0.05, 0.1) is 6.61 Å². The number of carbonyl (C=O) groups is 1. The second-order valence-electron chi connectivity index (χ2n) is 4.24. The number of esters is 1. The van der Waals surface area contributed by atoms with E-state index in [1.54, 1.807) is 20.8 Å². The maximum absolute atomic E-state index is 12.5. The number of ether oxygens (including phenoxy) is 1. The molecule has 20 heavy (non-hydrogen) atoms. The largest absolute Gasteiger partial charge is 0.465 e. The summed E-state index contributed by atoms with van der Waals surface area (Å²) in [4.78, 5) is 15.2. The molecule has 1 rings (SSSR count). The number of hydrogen-bond acceptors (Lipinski definition) is 5. The first kappa shape index (κ1) is 16.9. The Morgan fingerprint density at radius 1 is 1.50 bits per heavy atom. The molecule has 0 aliphatic rings. The molecule has 0 atom stereocenters. The number of pyridine rings is 1. The molecule has 1 aromatic heterocycles. The van der Waals surface area contributed by atoms with E-state index >= 15 is 0 Å². The summed E-state index contributed by atoms with van der Waals surface area (Å²) in [5.74, 6) is -0.607. The van der Waals surface area contributed by atoms with Crippen molar-refractivity contribution in [2.75, 3.05) is 13.2 Å². The normalized spacial score (nSPS) is 11.9. The number of hydrogen-bond donors (Lipinski definition) is 0. The number of nitrogens with zero attached hydrogens (tertiary/aromatic N) is 2. The highest BCUT2D eigenvalue weighted by Gasteiger charge is 2.31. The topological polar surface area (TPSA) is 76.6 Å². The molecule has 6 nitrogen and oxygen atoms in total. The third-order valence-electron chi connectivity index (χ3n) is 2.48. The average molecular weight is 321 g/mol. The average Bonchev–Trinajstić information content (AvgIpc) is 2.36. The molecule has 0 fully saturated rings. The molecule has 0 saturated heterocycles. The summed E-state index contributed by atoms with van der Waals surface area (Å²) in [6, 6.07) is 2.41. The van der Waals surface area contributed by atoms with Crippen molar-refractivity contribution in [3.05, 3.63) is 23.5 Å². The minimum Gasteiger partial charge on any atom is -0.465 e. The Labute approximate surface area is 123 Å². The standard InChI is InChI=1S/C12H17ClN2O4S/c1-4-19-11(16)8-15(9(2)3)20(17,18)10-6-5-7-14-12(10)13/h5-7,9H,4,8H2,1-3H3. The van der Waals surface area contributed by atoms with Crippen molar-refractivity contribution in [3.63, 3.8) is 0 Å². The van der Waals surface area contributed by atoms with Gasteiger partial charge in [-0.2, -0.15) is 4.31 Å². The van der Waals surface area contributed by atoms with Crippen LogP contribution in [0, 0.1) is 0 Å². The summed E-state index contributed by atoms with van der Waals surface area (Å²) in [7, 11) is -3.91. The first-order chi connectivity index (χ1) is 9.30. The van der Waals surface area contributed by atoms with E-state index in [1.165, 1.54) is 18.3 Å². The van der Waals surface area contributed by atoms with Crippen LogP contribution in [0.1, 0.15) is 20.8 Å². The van der Waals surface area contributed by atoms with E-state index in [0.29, 0.717) is 0 Å². The predicted octanol–water partition coefficient (Wildman–Crippen LogP) is 1.70.